The molecule has 29 heavy (non-hydrogen) atoms. The zero-order valence-corrected chi connectivity index (χ0v) is 19.0. The summed E-state index contributed by atoms with van der Waals surface area (Å²) in [5.74, 6) is 0.834. The second-order valence-corrected chi connectivity index (χ2v) is 9.12. The lowest BCUT2D eigenvalue weighted by Gasteiger charge is -2.09. The fourth-order valence-electron chi connectivity index (χ4n) is 3.29. The van der Waals surface area contributed by atoms with Crippen LogP contribution in [0.4, 0.5) is 0 Å². The van der Waals surface area contributed by atoms with Crippen LogP contribution >= 0.6 is 39.9 Å². The fourth-order valence-corrected chi connectivity index (χ4v) is 5.03. The van der Waals surface area contributed by atoms with Crippen LogP contribution in [0.15, 0.2) is 64.1 Å². The van der Waals surface area contributed by atoms with Gasteiger partial charge in [-0.3, -0.25) is 9.69 Å². The van der Waals surface area contributed by atoms with E-state index in [1.807, 2.05) is 49.4 Å². The number of nitrogens with zero attached hydrogens (tertiary/aromatic N) is 2. The van der Waals surface area contributed by atoms with Crippen molar-refractivity contribution in [2.24, 2.45) is 0 Å². The molecule has 0 N–H and O–H groups in total. The Hall–Kier alpha value is -2.09. The largest absolute Gasteiger partial charge is 0.492 e. The van der Waals surface area contributed by atoms with Crippen molar-refractivity contribution < 1.29 is 9.53 Å². The van der Waals surface area contributed by atoms with Crippen molar-refractivity contribution in [3.63, 3.8) is 0 Å². The summed E-state index contributed by atoms with van der Waals surface area (Å²) in [6.07, 6.45) is 4.02. The summed E-state index contributed by atoms with van der Waals surface area (Å²) in [5.41, 5.74) is 2.10. The number of thioether (sulfide) groups is 1. The predicted octanol–water partition coefficient (Wildman–Crippen LogP) is 5.70. The number of carbonyl (C=O) groups excluding carboxylic acids is 1. The maximum atomic E-state index is 12.6. The molecule has 1 amide bonds. The van der Waals surface area contributed by atoms with Crippen LogP contribution in [-0.4, -0.2) is 32.8 Å². The first-order valence-electron chi connectivity index (χ1n) is 9.28. The van der Waals surface area contributed by atoms with Gasteiger partial charge in [0.15, 0.2) is 0 Å². The van der Waals surface area contributed by atoms with Gasteiger partial charge in [0, 0.05) is 33.7 Å². The minimum Gasteiger partial charge on any atom is -0.492 e. The van der Waals surface area contributed by atoms with Crippen LogP contribution < -0.4 is 4.74 Å². The molecule has 1 saturated heterocycles. The highest BCUT2D eigenvalue weighted by atomic mass is 79.9. The maximum Gasteiger partial charge on any atom is 0.266 e. The molecule has 1 aliphatic rings. The van der Waals surface area contributed by atoms with Crippen LogP contribution in [0, 0.1) is 0 Å². The number of halogens is 1. The van der Waals surface area contributed by atoms with Crippen molar-refractivity contribution >= 4 is 67.1 Å². The molecule has 1 aromatic heterocycles. The molecule has 7 heteroatoms. The summed E-state index contributed by atoms with van der Waals surface area (Å²) in [7, 11) is 0. The molecule has 2 aromatic carbocycles. The number of rotatable bonds is 6. The van der Waals surface area contributed by atoms with Gasteiger partial charge in [-0.15, -0.1) is 0 Å². The average molecular weight is 487 g/mol. The van der Waals surface area contributed by atoms with Gasteiger partial charge in [-0.25, -0.2) is 0 Å². The number of likely N-dealkylation sites (N-methyl/N-ethyl adjacent to an activating group) is 1. The molecule has 148 valence electrons. The molecule has 1 aliphatic heterocycles. The average Bonchev–Trinajstić information content (AvgIpc) is 3.19. The molecule has 1 fully saturated rings. The van der Waals surface area contributed by atoms with E-state index >= 15 is 0 Å². The Balaban J connectivity index is 1.63. The molecular weight excluding hydrogens is 468 g/mol. The summed E-state index contributed by atoms with van der Waals surface area (Å²) in [6, 6.07) is 16.0. The molecule has 0 saturated carbocycles. The summed E-state index contributed by atoms with van der Waals surface area (Å²) in [5, 5.41) is 1.08. The first kappa shape index (κ1) is 20.2. The van der Waals surface area contributed by atoms with E-state index in [2.05, 4.69) is 38.8 Å². The smallest absolute Gasteiger partial charge is 0.266 e. The highest BCUT2D eigenvalue weighted by Gasteiger charge is 2.30. The first-order valence-corrected chi connectivity index (χ1v) is 11.3. The van der Waals surface area contributed by atoms with Crippen LogP contribution in [0.5, 0.6) is 5.75 Å². The second-order valence-electron chi connectivity index (χ2n) is 6.53. The Bertz CT molecular complexity index is 1110. The number of hydrogen-bond acceptors (Lipinski definition) is 4. The molecule has 0 aliphatic carbocycles. The van der Waals surface area contributed by atoms with Crippen LogP contribution in [-0.2, 0) is 11.3 Å². The zero-order valence-electron chi connectivity index (χ0n) is 15.8. The molecule has 0 bridgehead atoms. The molecular formula is C22H19BrN2O2S2. The van der Waals surface area contributed by atoms with Gasteiger partial charge >= 0.3 is 0 Å². The molecule has 4 rings (SSSR count). The van der Waals surface area contributed by atoms with E-state index in [4.69, 9.17) is 17.0 Å². The topological polar surface area (TPSA) is 34.5 Å². The predicted molar refractivity (Wildman–Crippen MR) is 127 cm³/mol. The van der Waals surface area contributed by atoms with Crippen molar-refractivity contribution in [1.82, 2.24) is 9.47 Å². The number of hydrogen-bond donors (Lipinski definition) is 0. The quantitative estimate of drug-likeness (QED) is 0.330. The van der Waals surface area contributed by atoms with Gasteiger partial charge in [-0.1, -0.05) is 58.1 Å². The third-order valence-corrected chi connectivity index (χ3v) is 6.57. The highest BCUT2D eigenvalue weighted by Crippen LogP contribution is 2.34. The Morgan fingerprint density at radius 3 is 2.72 bits per heavy atom. The third kappa shape index (κ3) is 4.27. The Morgan fingerprint density at radius 1 is 1.21 bits per heavy atom. The lowest BCUT2D eigenvalue weighted by molar-refractivity contribution is -0.121. The van der Waals surface area contributed by atoms with Gasteiger partial charge in [0.1, 0.15) is 16.7 Å². The normalized spacial score (nSPS) is 15.7. The van der Waals surface area contributed by atoms with Gasteiger partial charge in [0.05, 0.1) is 11.4 Å². The molecule has 3 aromatic rings. The number of ether oxygens (including phenoxy) is 1. The lowest BCUT2D eigenvalue weighted by atomic mass is 10.1. The van der Waals surface area contributed by atoms with Crippen LogP contribution in [0.2, 0.25) is 0 Å². The Kier molecular flexibility index (Phi) is 6.08. The summed E-state index contributed by atoms with van der Waals surface area (Å²) in [4.78, 5) is 14.9. The molecule has 0 unspecified atom stereocenters. The number of thiocarbonyl (C=S) groups is 1. The van der Waals surface area contributed by atoms with Crippen LogP contribution in [0.3, 0.4) is 0 Å². The number of para-hydroxylation sites is 1. The Labute approximate surface area is 187 Å². The van der Waals surface area contributed by atoms with Gasteiger partial charge in [0.25, 0.3) is 5.91 Å². The van der Waals surface area contributed by atoms with Crippen molar-refractivity contribution in [3.8, 4) is 5.75 Å². The Morgan fingerprint density at radius 2 is 2.00 bits per heavy atom. The minimum atomic E-state index is -0.0224. The van der Waals surface area contributed by atoms with Crippen LogP contribution in [0.25, 0.3) is 17.0 Å². The van der Waals surface area contributed by atoms with Gasteiger partial charge < -0.3 is 9.30 Å². The number of benzene rings is 2. The maximum absolute atomic E-state index is 12.6. The van der Waals surface area contributed by atoms with E-state index < -0.39 is 0 Å². The first-order chi connectivity index (χ1) is 14.1. The van der Waals surface area contributed by atoms with Gasteiger partial charge in [0.2, 0.25) is 0 Å². The van der Waals surface area contributed by atoms with Crippen molar-refractivity contribution in [3.05, 3.63) is 69.7 Å². The molecule has 0 spiro atoms. The zero-order chi connectivity index (χ0) is 20.4. The van der Waals surface area contributed by atoms with E-state index in [1.54, 1.807) is 4.90 Å². The second kappa shape index (κ2) is 8.73. The number of carbonyl (C=O) groups is 1. The van der Waals surface area contributed by atoms with Crippen LogP contribution in [0.1, 0.15) is 12.5 Å². The minimum absolute atomic E-state index is 0.0224. The number of fused-ring (bicyclic) bond motifs is 1. The fraction of sp³-hybridized carbons (Fsp3) is 0.182. The van der Waals surface area contributed by atoms with E-state index in [1.165, 1.54) is 11.8 Å². The monoisotopic (exact) mass is 486 g/mol. The van der Waals surface area contributed by atoms with E-state index in [0.29, 0.717) is 28.9 Å². The van der Waals surface area contributed by atoms with Crippen molar-refractivity contribution in [1.29, 1.82) is 0 Å². The summed E-state index contributed by atoms with van der Waals surface area (Å²) in [6.45, 7) is 3.79. The van der Waals surface area contributed by atoms with E-state index in [-0.39, 0.29) is 5.91 Å². The SMILES string of the molecule is CCN1C(=O)/C(=C/c2cn(CCOc3ccccc3)c3ccc(Br)cc23)SC1=S. The number of amides is 1. The van der Waals surface area contributed by atoms with Crippen molar-refractivity contribution in [2.45, 2.75) is 13.5 Å². The van der Waals surface area contributed by atoms with Gasteiger partial charge in [-0.2, -0.15) is 0 Å². The highest BCUT2D eigenvalue weighted by molar-refractivity contribution is 9.10. The molecule has 0 radical (unpaired) electrons. The number of aromatic nitrogens is 1. The molecule has 2 heterocycles. The van der Waals surface area contributed by atoms with Crippen molar-refractivity contribution in [2.75, 3.05) is 13.2 Å². The van der Waals surface area contributed by atoms with Gasteiger partial charge in [-0.05, 0) is 43.3 Å². The molecule has 0 atom stereocenters. The lowest BCUT2D eigenvalue weighted by Crippen LogP contribution is -2.27. The summed E-state index contributed by atoms with van der Waals surface area (Å²) < 4.78 is 9.64. The van der Waals surface area contributed by atoms with E-state index in [9.17, 15) is 4.79 Å². The third-order valence-electron chi connectivity index (χ3n) is 4.69. The van der Waals surface area contributed by atoms with E-state index in [0.717, 1.165) is 26.7 Å². The molecule has 4 nitrogen and oxygen atoms in total. The standard InChI is InChI=1S/C22H19BrN2O2S2/c1-2-25-21(26)20(29-22(25)28)12-15-14-24(19-9-8-16(23)13-18(15)19)10-11-27-17-6-4-3-5-7-17/h3-9,12-14H,2,10-11H2,1H3/b20-12-. The summed E-state index contributed by atoms with van der Waals surface area (Å²) >= 11 is 10.3.